The van der Waals surface area contributed by atoms with E-state index in [-0.39, 0.29) is 5.92 Å². The summed E-state index contributed by atoms with van der Waals surface area (Å²) in [5, 5.41) is 8.83. The third-order valence-electron chi connectivity index (χ3n) is 3.06. The van der Waals surface area contributed by atoms with Gasteiger partial charge in [0.05, 0.1) is 11.5 Å². The molecule has 1 aromatic carbocycles. The van der Waals surface area contributed by atoms with Crippen LogP contribution in [-0.4, -0.2) is 11.1 Å². The van der Waals surface area contributed by atoms with Crippen molar-refractivity contribution in [3.8, 4) is 0 Å². The minimum absolute atomic E-state index is 0.217. The van der Waals surface area contributed by atoms with Gasteiger partial charge in [0.25, 0.3) is 0 Å². The van der Waals surface area contributed by atoms with Gasteiger partial charge in [0, 0.05) is 0 Å². The fourth-order valence-corrected chi connectivity index (χ4v) is 1.67. The highest BCUT2D eigenvalue weighted by Gasteiger charge is 2.30. The number of rotatable bonds is 4. The van der Waals surface area contributed by atoms with Gasteiger partial charge in [-0.25, -0.2) is 0 Å². The fraction of sp³-hybridized carbons (Fsp3) is 0.462. The van der Waals surface area contributed by atoms with Gasteiger partial charge in [-0.15, -0.1) is 0 Å². The van der Waals surface area contributed by atoms with E-state index in [2.05, 4.69) is 0 Å². The van der Waals surface area contributed by atoms with E-state index in [0.717, 1.165) is 12.1 Å². The molecule has 0 heterocycles. The predicted octanol–water partition coefficient (Wildman–Crippen LogP) is 3.60. The highest BCUT2D eigenvalue weighted by molar-refractivity contribution is 5.69. The molecular weight excluding hydrogens is 245 g/mol. The third kappa shape index (κ3) is 3.75. The van der Waals surface area contributed by atoms with Crippen molar-refractivity contribution < 1.29 is 23.1 Å². The van der Waals surface area contributed by atoms with Gasteiger partial charge in [0.1, 0.15) is 0 Å². The SMILES string of the molecule is CC(Cc1cccc(C(F)(F)F)c1)C(C)C(=O)O. The van der Waals surface area contributed by atoms with Crippen LogP contribution >= 0.6 is 0 Å². The van der Waals surface area contributed by atoms with Gasteiger partial charge < -0.3 is 5.11 Å². The Morgan fingerprint density at radius 1 is 1.33 bits per heavy atom. The van der Waals surface area contributed by atoms with Gasteiger partial charge in [-0.2, -0.15) is 13.2 Å². The Hall–Kier alpha value is -1.52. The highest BCUT2D eigenvalue weighted by atomic mass is 19.4. The van der Waals surface area contributed by atoms with E-state index in [9.17, 15) is 18.0 Å². The molecule has 0 bridgehead atoms. The summed E-state index contributed by atoms with van der Waals surface area (Å²) in [5.74, 6) is -1.74. The van der Waals surface area contributed by atoms with Crippen LogP contribution in [-0.2, 0) is 17.4 Å². The number of halogens is 3. The number of benzene rings is 1. The van der Waals surface area contributed by atoms with Gasteiger partial charge >= 0.3 is 12.1 Å². The topological polar surface area (TPSA) is 37.3 Å². The van der Waals surface area contributed by atoms with E-state index in [0.29, 0.717) is 12.0 Å². The van der Waals surface area contributed by atoms with E-state index in [1.54, 1.807) is 19.9 Å². The standard InChI is InChI=1S/C13H15F3O2/c1-8(9(2)12(17)18)6-10-4-3-5-11(7-10)13(14,15)16/h3-5,7-9H,6H2,1-2H3,(H,17,18). The second-order valence-electron chi connectivity index (χ2n) is 4.51. The summed E-state index contributed by atoms with van der Waals surface area (Å²) < 4.78 is 37.5. The molecule has 0 spiro atoms. The summed E-state index contributed by atoms with van der Waals surface area (Å²) in [6.45, 7) is 3.28. The Kier molecular flexibility index (Phi) is 4.38. The van der Waals surface area contributed by atoms with E-state index in [4.69, 9.17) is 5.11 Å². The van der Waals surface area contributed by atoms with Gasteiger partial charge in [0.15, 0.2) is 0 Å². The third-order valence-corrected chi connectivity index (χ3v) is 3.06. The predicted molar refractivity (Wildman–Crippen MR) is 61.1 cm³/mol. The molecule has 0 aliphatic heterocycles. The maximum Gasteiger partial charge on any atom is 0.416 e. The summed E-state index contributed by atoms with van der Waals surface area (Å²) >= 11 is 0. The lowest BCUT2D eigenvalue weighted by Crippen LogP contribution is -2.20. The Morgan fingerprint density at radius 3 is 2.44 bits per heavy atom. The average Bonchev–Trinajstić information content (AvgIpc) is 2.27. The Morgan fingerprint density at radius 2 is 1.94 bits per heavy atom. The van der Waals surface area contributed by atoms with Gasteiger partial charge in [-0.1, -0.05) is 32.0 Å². The Balaban J connectivity index is 2.83. The van der Waals surface area contributed by atoms with Gasteiger partial charge in [-0.3, -0.25) is 4.79 Å². The lowest BCUT2D eigenvalue weighted by Gasteiger charge is -2.16. The van der Waals surface area contributed by atoms with Crippen LogP contribution in [0.5, 0.6) is 0 Å². The van der Waals surface area contributed by atoms with E-state index >= 15 is 0 Å². The van der Waals surface area contributed by atoms with Crippen LogP contribution < -0.4 is 0 Å². The molecule has 1 N–H and O–H groups in total. The summed E-state index contributed by atoms with van der Waals surface area (Å²) in [6, 6.07) is 5.01. The van der Waals surface area contributed by atoms with Crippen molar-refractivity contribution in [2.75, 3.05) is 0 Å². The number of carboxylic acids is 1. The molecule has 2 atom stereocenters. The van der Waals surface area contributed by atoms with E-state index in [1.807, 2.05) is 0 Å². The first-order chi connectivity index (χ1) is 8.21. The molecule has 0 fully saturated rings. The van der Waals surface area contributed by atoms with Crippen LogP contribution in [0.1, 0.15) is 25.0 Å². The average molecular weight is 260 g/mol. The zero-order chi connectivity index (χ0) is 13.9. The van der Waals surface area contributed by atoms with Gasteiger partial charge in [-0.05, 0) is 24.0 Å². The first-order valence-corrected chi connectivity index (χ1v) is 5.60. The summed E-state index contributed by atoms with van der Waals surface area (Å²) in [7, 11) is 0. The lowest BCUT2D eigenvalue weighted by molar-refractivity contribution is -0.143. The van der Waals surface area contributed by atoms with Crippen molar-refractivity contribution in [1.29, 1.82) is 0 Å². The summed E-state index contributed by atoms with van der Waals surface area (Å²) in [6.07, 6.45) is -4.05. The zero-order valence-corrected chi connectivity index (χ0v) is 10.2. The van der Waals surface area contributed by atoms with Crippen molar-refractivity contribution in [2.24, 2.45) is 11.8 Å². The first-order valence-electron chi connectivity index (χ1n) is 5.60. The molecule has 2 unspecified atom stereocenters. The number of aliphatic carboxylic acids is 1. The van der Waals surface area contributed by atoms with Crippen molar-refractivity contribution >= 4 is 5.97 Å². The minimum Gasteiger partial charge on any atom is -0.481 e. The van der Waals surface area contributed by atoms with Crippen molar-refractivity contribution in [3.63, 3.8) is 0 Å². The van der Waals surface area contributed by atoms with Crippen LogP contribution in [0.2, 0.25) is 0 Å². The molecule has 0 aromatic heterocycles. The largest absolute Gasteiger partial charge is 0.481 e. The molecule has 0 amide bonds. The molecule has 1 aromatic rings. The lowest BCUT2D eigenvalue weighted by atomic mass is 9.89. The Labute approximate surface area is 103 Å². The van der Waals surface area contributed by atoms with E-state index < -0.39 is 23.6 Å². The van der Waals surface area contributed by atoms with Crippen molar-refractivity contribution in [1.82, 2.24) is 0 Å². The molecule has 0 aliphatic carbocycles. The highest BCUT2D eigenvalue weighted by Crippen LogP contribution is 2.30. The maximum atomic E-state index is 12.5. The molecule has 2 nitrogen and oxygen atoms in total. The molecule has 100 valence electrons. The fourth-order valence-electron chi connectivity index (χ4n) is 1.67. The number of carbonyl (C=O) groups is 1. The van der Waals surface area contributed by atoms with Gasteiger partial charge in [0.2, 0.25) is 0 Å². The summed E-state index contributed by atoms with van der Waals surface area (Å²) in [4.78, 5) is 10.8. The molecule has 0 radical (unpaired) electrons. The monoisotopic (exact) mass is 260 g/mol. The second-order valence-corrected chi connectivity index (χ2v) is 4.51. The van der Waals surface area contributed by atoms with Crippen LogP contribution in [0.15, 0.2) is 24.3 Å². The molecule has 1 rings (SSSR count). The summed E-state index contributed by atoms with van der Waals surface area (Å²) in [5.41, 5.74) is -0.194. The zero-order valence-electron chi connectivity index (χ0n) is 10.2. The number of hydrogen-bond acceptors (Lipinski definition) is 1. The molecule has 18 heavy (non-hydrogen) atoms. The Bertz CT molecular complexity index is 426. The van der Waals surface area contributed by atoms with Crippen LogP contribution in [0.25, 0.3) is 0 Å². The van der Waals surface area contributed by atoms with E-state index in [1.165, 1.54) is 6.07 Å². The molecule has 5 heteroatoms. The van der Waals surface area contributed by atoms with Crippen molar-refractivity contribution in [2.45, 2.75) is 26.4 Å². The van der Waals surface area contributed by atoms with Crippen LogP contribution in [0.4, 0.5) is 13.2 Å². The molecule has 0 aliphatic rings. The number of carboxylic acid groups (broad SMARTS) is 1. The smallest absolute Gasteiger partial charge is 0.416 e. The van der Waals surface area contributed by atoms with Crippen molar-refractivity contribution in [3.05, 3.63) is 35.4 Å². The molecule has 0 saturated carbocycles. The quantitative estimate of drug-likeness (QED) is 0.898. The van der Waals surface area contributed by atoms with Crippen LogP contribution in [0, 0.1) is 11.8 Å². The normalized spacial score (nSPS) is 15.2. The molecular formula is C13H15F3O2. The molecule has 0 saturated heterocycles. The first kappa shape index (κ1) is 14.5. The second kappa shape index (κ2) is 5.42. The minimum atomic E-state index is -4.36. The van der Waals surface area contributed by atoms with Crippen LogP contribution in [0.3, 0.4) is 0 Å². The number of alkyl halides is 3. The maximum absolute atomic E-state index is 12.5. The number of hydrogen-bond donors (Lipinski definition) is 1.